The highest BCUT2D eigenvalue weighted by Crippen LogP contribution is 2.15. The quantitative estimate of drug-likeness (QED) is 0.794. The van der Waals surface area contributed by atoms with Gasteiger partial charge < -0.3 is 15.2 Å². The molecular weight excluding hydrogens is 252 g/mol. The summed E-state index contributed by atoms with van der Waals surface area (Å²) in [6, 6.07) is 1.87. The number of hydrogen-bond donors (Lipinski definition) is 2. The van der Waals surface area contributed by atoms with Crippen molar-refractivity contribution in [2.24, 2.45) is 0 Å². The summed E-state index contributed by atoms with van der Waals surface area (Å²) in [5.41, 5.74) is 1.25. The zero-order valence-corrected chi connectivity index (χ0v) is 11.2. The van der Waals surface area contributed by atoms with Crippen LogP contribution in [0.3, 0.4) is 0 Å². The lowest BCUT2D eigenvalue weighted by molar-refractivity contribution is -0.125. The number of aliphatic hydroxyl groups excluding tert-OH is 1. The van der Waals surface area contributed by atoms with Crippen LogP contribution in [0, 0.1) is 0 Å². The second kappa shape index (κ2) is 6.29. The van der Waals surface area contributed by atoms with Crippen LogP contribution in [0.5, 0.6) is 0 Å². The number of likely N-dealkylation sites (tertiary alicyclic amines) is 1. The molecule has 18 heavy (non-hydrogen) atoms. The maximum atomic E-state index is 11.4. The summed E-state index contributed by atoms with van der Waals surface area (Å²) in [4.78, 5) is 13.5. The SMILES string of the molecule is COCC(=O)N[C@@H]1CN(Cc2ccsc2)C[C@H]1O. The third-order valence-corrected chi connectivity index (χ3v) is 3.70. The molecule has 1 aromatic heterocycles. The summed E-state index contributed by atoms with van der Waals surface area (Å²) in [7, 11) is 1.48. The van der Waals surface area contributed by atoms with Gasteiger partial charge in [0.05, 0.1) is 12.1 Å². The molecule has 0 spiro atoms. The molecule has 5 nitrogen and oxygen atoms in total. The molecule has 1 amide bonds. The smallest absolute Gasteiger partial charge is 0.246 e. The molecule has 2 atom stereocenters. The van der Waals surface area contributed by atoms with E-state index in [9.17, 15) is 9.90 Å². The molecule has 1 aliphatic rings. The Morgan fingerprint density at radius 3 is 3.17 bits per heavy atom. The van der Waals surface area contributed by atoms with Gasteiger partial charge in [0, 0.05) is 26.7 Å². The van der Waals surface area contributed by atoms with Crippen LogP contribution in [0.4, 0.5) is 0 Å². The molecule has 0 saturated carbocycles. The minimum absolute atomic E-state index is 0.0355. The number of nitrogens with one attached hydrogen (secondary N) is 1. The highest BCUT2D eigenvalue weighted by atomic mass is 32.1. The van der Waals surface area contributed by atoms with Crippen LogP contribution >= 0.6 is 11.3 Å². The van der Waals surface area contributed by atoms with E-state index in [1.165, 1.54) is 12.7 Å². The molecule has 0 aromatic carbocycles. The highest BCUT2D eigenvalue weighted by molar-refractivity contribution is 7.07. The molecule has 6 heteroatoms. The van der Waals surface area contributed by atoms with E-state index in [1.54, 1.807) is 11.3 Å². The molecule has 2 rings (SSSR count). The van der Waals surface area contributed by atoms with Gasteiger partial charge in [0.25, 0.3) is 0 Å². The van der Waals surface area contributed by atoms with E-state index in [2.05, 4.69) is 21.7 Å². The summed E-state index contributed by atoms with van der Waals surface area (Å²) in [6.07, 6.45) is -0.510. The summed E-state index contributed by atoms with van der Waals surface area (Å²) < 4.78 is 4.76. The van der Waals surface area contributed by atoms with E-state index < -0.39 is 6.10 Å². The molecule has 100 valence electrons. The van der Waals surface area contributed by atoms with E-state index in [0.29, 0.717) is 13.1 Å². The average Bonchev–Trinajstić information content (AvgIpc) is 2.91. The number of methoxy groups -OCH3 is 1. The second-order valence-corrected chi connectivity index (χ2v) is 5.28. The van der Waals surface area contributed by atoms with Crippen molar-refractivity contribution in [2.75, 3.05) is 26.8 Å². The average molecular weight is 270 g/mol. The minimum Gasteiger partial charge on any atom is -0.390 e. The van der Waals surface area contributed by atoms with Crippen LogP contribution < -0.4 is 5.32 Å². The van der Waals surface area contributed by atoms with E-state index in [0.717, 1.165) is 6.54 Å². The second-order valence-electron chi connectivity index (χ2n) is 4.50. The van der Waals surface area contributed by atoms with Gasteiger partial charge in [-0.25, -0.2) is 0 Å². The molecule has 0 radical (unpaired) electrons. The Labute approximate surface area is 110 Å². The molecule has 1 saturated heterocycles. The molecular formula is C12H18N2O3S. The number of carbonyl (C=O) groups excluding carboxylic acids is 1. The van der Waals surface area contributed by atoms with Crippen molar-refractivity contribution in [2.45, 2.75) is 18.7 Å². The van der Waals surface area contributed by atoms with Crippen molar-refractivity contribution >= 4 is 17.2 Å². The van der Waals surface area contributed by atoms with Crippen molar-refractivity contribution in [1.29, 1.82) is 0 Å². The first kappa shape index (κ1) is 13.5. The van der Waals surface area contributed by atoms with Gasteiger partial charge in [-0.3, -0.25) is 9.69 Å². The van der Waals surface area contributed by atoms with E-state index in [-0.39, 0.29) is 18.6 Å². The van der Waals surface area contributed by atoms with Crippen LogP contribution in [-0.2, 0) is 16.1 Å². The van der Waals surface area contributed by atoms with Gasteiger partial charge in [-0.05, 0) is 22.4 Å². The van der Waals surface area contributed by atoms with Gasteiger partial charge in [0.15, 0.2) is 0 Å². The Morgan fingerprint density at radius 1 is 1.67 bits per heavy atom. The number of β-amino-alcohol motifs (C(OH)–C–C–N with tert-alkyl or cyclic N) is 1. The lowest BCUT2D eigenvalue weighted by Crippen LogP contribution is -2.44. The lowest BCUT2D eigenvalue weighted by Gasteiger charge is -2.16. The van der Waals surface area contributed by atoms with Crippen molar-refractivity contribution in [3.05, 3.63) is 22.4 Å². The van der Waals surface area contributed by atoms with Gasteiger partial charge in [-0.15, -0.1) is 0 Å². The Morgan fingerprint density at radius 2 is 2.50 bits per heavy atom. The molecule has 2 heterocycles. The summed E-state index contributed by atoms with van der Waals surface area (Å²) in [5.74, 6) is -0.182. The molecule has 1 aliphatic heterocycles. The summed E-state index contributed by atoms with van der Waals surface area (Å²) in [6.45, 7) is 2.12. The molecule has 0 aliphatic carbocycles. The molecule has 0 unspecified atom stereocenters. The van der Waals surface area contributed by atoms with Crippen molar-refractivity contribution in [3.8, 4) is 0 Å². The number of amides is 1. The van der Waals surface area contributed by atoms with Crippen LogP contribution in [0.25, 0.3) is 0 Å². The highest BCUT2D eigenvalue weighted by Gasteiger charge is 2.32. The number of hydrogen-bond acceptors (Lipinski definition) is 5. The Bertz CT molecular complexity index is 383. The van der Waals surface area contributed by atoms with E-state index >= 15 is 0 Å². The maximum Gasteiger partial charge on any atom is 0.246 e. The van der Waals surface area contributed by atoms with E-state index in [4.69, 9.17) is 4.74 Å². The fourth-order valence-electron chi connectivity index (χ4n) is 2.16. The first-order valence-corrected chi connectivity index (χ1v) is 6.83. The normalized spacial score (nSPS) is 24.3. The van der Waals surface area contributed by atoms with Crippen LogP contribution in [0.15, 0.2) is 16.8 Å². The van der Waals surface area contributed by atoms with Gasteiger partial charge >= 0.3 is 0 Å². The maximum absolute atomic E-state index is 11.4. The topological polar surface area (TPSA) is 61.8 Å². The number of thiophene rings is 1. The first-order chi connectivity index (χ1) is 8.69. The van der Waals surface area contributed by atoms with Gasteiger partial charge in [-0.1, -0.05) is 0 Å². The van der Waals surface area contributed by atoms with Gasteiger partial charge in [0.1, 0.15) is 6.61 Å². The Kier molecular flexibility index (Phi) is 4.71. The van der Waals surface area contributed by atoms with Crippen LogP contribution in [0.2, 0.25) is 0 Å². The summed E-state index contributed by atoms with van der Waals surface area (Å²) in [5, 5.41) is 16.8. The molecule has 1 fully saturated rings. The van der Waals surface area contributed by atoms with Crippen molar-refractivity contribution < 1.29 is 14.6 Å². The van der Waals surface area contributed by atoms with Gasteiger partial charge in [0.2, 0.25) is 5.91 Å². The standard InChI is InChI=1S/C12H18N2O3S/c1-17-7-12(16)13-10-5-14(6-11(10)15)4-9-2-3-18-8-9/h2-3,8,10-11,15H,4-7H2,1H3,(H,13,16)/t10-,11-/m1/s1. The summed E-state index contributed by atoms with van der Waals surface area (Å²) >= 11 is 1.67. The fraction of sp³-hybridized carbons (Fsp3) is 0.583. The first-order valence-electron chi connectivity index (χ1n) is 5.89. The van der Waals surface area contributed by atoms with Crippen molar-refractivity contribution in [1.82, 2.24) is 10.2 Å². The largest absolute Gasteiger partial charge is 0.390 e. The van der Waals surface area contributed by atoms with Gasteiger partial charge in [-0.2, -0.15) is 11.3 Å². The van der Waals surface area contributed by atoms with Crippen LogP contribution in [-0.4, -0.2) is 54.9 Å². The third-order valence-electron chi connectivity index (χ3n) is 2.97. The third kappa shape index (κ3) is 3.52. The minimum atomic E-state index is -0.510. The van der Waals surface area contributed by atoms with Crippen LogP contribution in [0.1, 0.15) is 5.56 Å². The fourth-order valence-corrected chi connectivity index (χ4v) is 2.82. The zero-order chi connectivity index (χ0) is 13.0. The number of rotatable bonds is 5. The Hall–Kier alpha value is -0.950. The monoisotopic (exact) mass is 270 g/mol. The lowest BCUT2D eigenvalue weighted by atomic mass is 10.2. The number of aliphatic hydroxyl groups is 1. The van der Waals surface area contributed by atoms with E-state index in [1.807, 2.05) is 5.38 Å². The Balaban J connectivity index is 1.83. The number of carbonyl (C=O) groups is 1. The zero-order valence-electron chi connectivity index (χ0n) is 10.3. The molecule has 2 N–H and O–H groups in total. The van der Waals surface area contributed by atoms with Crippen molar-refractivity contribution in [3.63, 3.8) is 0 Å². The number of ether oxygens (including phenoxy) is 1. The molecule has 0 bridgehead atoms. The predicted molar refractivity (Wildman–Crippen MR) is 69.4 cm³/mol. The molecule has 1 aromatic rings. The number of nitrogens with zero attached hydrogens (tertiary/aromatic N) is 1. The predicted octanol–water partition coefficient (Wildman–Crippen LogP) is 0.0558.